The molecule has 3 aromatic rings. The Balaban J connectivity index is 1.86. The minimum Gasteiger partial charge on any atom is -0.374 e. The van der Waals surface area contributed by atoms with Gasteiger partial charge in [0.25, 0.3) is 0 Å². The number of aryl methyl sites for hydroxylation is 1. The van der Waals surface area contributed by atoms with E-state index in [2.05, 4.69) is 25.0 Å². The van der Waals surface area contributed by atoms with Crippen molar-refractivity contribution in [2.24, 2.45) is 7.05 Å². The third-order valence-electron chi connectivity index (χ3n) is 3.58. The van der Waals surface area contributed by atoms with Crippen LogP contribution in [0.15, 0.2) is 37.1 Å². The predicted octanol–water partition coefficient (Wildman–Crippen LogP) is 2.05. The van der Waals surface area contributed by atoms with Gasteiger partial charge < -0.3 is 10.5 Å². The van der Waals surface area contributed by atoms with Crippen LogP contribution in [0.1, 0.15) is 20.8 Å². The van der Waals surface area contributed by atoms with Gasteiger partial charge in [0.1, 0.15) is 0 Å². The van der Waals surface area contributed by atoms with Gasteiger partial charge in [-0.15, -0.1) is 0 Å². The van der Waals surface area contributed by atoms with E-state index in [1.54, 1.807) is 30.2 Å². The molecule has 0 bridgehead atoms. The van der Waals surface area contributed by atoms with E-state index < -0.39 is 11.6 Å². The lowest BCUT2D eigenvalue weighted by atomic mass is 10.1. The molecule has 10 nitrogen and oxygen atoms in total. The van der Waals surface area contributed by atoms with Gasteiger partial charge in [0.2, 0.25) is 5.95 Å². The van der Waals surface area contributed by atoms with Gasteiger partial charge in [-0.05, 0) is 26.8 Å². The fraction of sp³-hybridized carbons (Fsp3) is 0.294. The summed E-state index contributed by atoms with van der Waals surface area (Å²) in [7, 11) is 1.77. The normalized spacial score (nSPS) is 11.3. The van der Waals surface area contributed by atoms with Gasteiger partial charge in [-0.2, -0.15) is 10.1 Å². The zero-order valence-corrected chi connectivity index (χ0v) is 15.5. The molecule has 140 valence electrons. The maximum Gasteiger partial charge on any atom is 0.422 e. The Labute approximate surface area is 156 Å². The molecule has 0 unspecified atom stereocenters. The fourth-order valence-electron chi connectivity index (χ4n) is 2.44. The van der Waals surface area contributed by atoms with Crippen LogP contribution in [0.4, 0.5) is 16.4 Å². The van der Waals surface area contributed by atoms with Crippen LogP contribution in [-0.4, -0.2) is 41.3 Å². The second-order valence-electron chi connectivity index (χ2n) is 6.80. The SMILES string of the molecule is Cn1cc(N(C(=O)Oc2nccc(-c3cnc(N)nc3)n2)C(C)(C)C)cn1. The zero-order valence-electron chi connectivity index (χ0n) is 15.5. The van der Waals surface area contributed by atoms with E-state index in [0.29, 0.717) is 16.9 Å². The van der Waals surface area contributed by atoms with Crippen LogP contribution in [0, 0.1) is 0 Å². The Morgan fingerprint density at radius 3 is 2.48 bits per heavy atom. The number of nitrogen functional groups attached to an aromatic ring is 1. The molecule has 1 amide bonds. The van der Waals surface area contributed by atoms with Crippen molar-refractivity contribution in [1.29, 1.82) is 0 Å². The number of ether oxygens (including phenoxy) is 1. The van der Waals surface area contributed by atoms with Crippen molar-refractivity contribution in [3.8, 4) is 17.3 Å². The minimum atomic E-state index is -0.610. The molecule has 0 aromatic carbocycles. The molecule has 0 saturated heterocycles. The first kappa shape index (κ1) is 18.2. The van der Waals surface area contributed by atoms with Crippen molar-refractivity contribution in [1.82, 2.24) is 29.7 Å². The van der Waals surface area contributed by atoms with Crippen LogP contribution in [0.2, 0.25) is 0 Å². The second kappa shape index (κ2) is 6.98. The standard InChI is InChI=1S/C17H20N8O2/c1-17(2,3)25(12-9-22-24(4)10-12)16(26)27-15-19-6-5-13(23-15)11-7-20-14(18)21-8-11/h5-10H,1-4H3,(H2,18,20,21). The van der Waals surface area contributed by atoms with Gasteiger partial charge in [-0.25, -0.2) is 19.7 Å². The number of carbonyl (C=O) groups excluding carboxylic acids is 1. The molecule has 10 heteroatoms. The number of nitrogens with two attached hydrogens (primary N) is 1. The number of amides is 1. The molecule has 0 radical (unpaired) electrons. The van der Waals surface area contributed by atoms with Crippen molar-refractivity contribution in [2.75, 3.05) is 10.6 Å². The number of aromatic nitrogens is 6. The molecule has 0 aliphatic carbocycles. The molecule has 3 rings (SSSR count). The van der Waals surface area contributed by atoms with E-state index in [-0.39, 0.29) is 12.0 Å². The van der Waals surface area contributed by atoms with Crippen LogP contribution in [0.25, 0.3) is 11.3 Å². The van der Waals surface area contributed by atoms with Crippen molar-refractivity contribution in [2.45, 2.75) is 26.3 Å². The smallest absolute Gasteiger partial charge is 0.374 e. The molecule has 0 fully saturated rings. The lowest BCUT2D eigenvalue weighted by molar-refractivity contribution is 0.197. The van der Waals surface area contributed by atoms with Crippen molar-refractivity contribution >= 4 is 17.7 Å². The molecule has 27 heavy (non-hydrogen) atoms. The van der Waals surface area contributed by atoms with Crippen LogP contribution in [0.3, 0.4) is 0 Å². The highest BCUT2D eigenvalue weighted by Gasteiger charge is 2.31. The minimum absolute atomic E-state index is 0.0764. The first-order valence-electron chi connectivity index (χ1n) is 8.15. The Hall–Kier alpha value is -3.56. The van der Waals surface area contributed by atoms with E-state index in [4.69, 9.17) is 10.5 Å². The number of carbonyl (C=O) groups is 1. The summed E-state index contributed by atoms with van der Waals surface area (Å²) in [6.45, 7) is 5.68. The molecule has 0 spiro atoms. The highest BCUT2D eigenvalue weighted by molar-refractivity contribution is 5.90. The summed E-state index contributed by atoms with van der Waals surface area (Å²) in [4.78, 5) is 30.4. The summed E-state index contributed by atoms with van der Waals surface area (Å²) in [6, 6.07) is 1.59. The summed E-state index contributed by atoms with van der Waals surface area (Å²) in [5.41, 5.74) is 6.70. The van der Waals surface area contributed by atoms with Gasteiger partial charge in [0.15, 0.2) is 0 Å². The number of hydrogen-bond donors (Lipinski definition) is 1. The van der Waals surface area contributed by atoms with Crippen LogP contribution in [-0.2, 0) is 7.05 Å². The van der Waals surface area contributed by atoms with Crippen molar-refractivity contribution in [3.05, 3.63) is 37.1 Å². The van der Waals surface area contributed by atoms with E-state index in [1.807, 2.05) is 20.8 Å². The van der Waals surface area contributed by atoms with Crippen molar-refractivity contribution in [3.63, 3.8) is 0 Å². The van der Waals surface area contributed by atoms with E-state index in [0.717, 1.165) is 0 Å². The fourth-order valence-corrected chi connectivity index (χ4v) is 2.44. The Morgan fingerprint density at radius 2 is 1.89 bits per heavy atom. The van der Waals surface area contributed by atoms with E-state index >= 15 is 0 Å². The Morgan fingerprint density at radius 1 is 1.19 bits per heavy atom. The summed E-state index contributed by atoms with van der Waals surface area (Å²) < 4.78 is 7.03. The molecule has 0 saturated carbocycles. The van der Waals surface area contributed by atoms with Gasteiger partial charge in [-0.3, -0.25) is 9.58 Å². The lowest BCUT2D eigenvalue weighted by Gasteiger charge is -2.33. The van der Waals surface area contributed by atoms with Gasteiger partial charge >= 0.3 is 12.1 Å². The highest BCUT2D eigenvalue weighted by atomic mass is 16.6. The summed E-state index contributed by atoms with van der Waals surface area (Å²) in [5.74, 6) is 0.164. The van der Waals surface area contributed by atoms with Gasteiger partial charge in [0, 0.05) is 42.9 Å². The molecule has 0 aliphatic rings. The second-order valence-corrected chi connectivity index (χ2v) is 6.80. The molecule has 3 heterocycles. The van der Waals surface area contributed by atoms with Gasteiger partial charge in [-0.1, -0.05) is 0 Å². The molecule has 0 aliphatic heterocycles. The van der Waals surface area contributed by atoms with Crippen LogP contribution in [0.5, 0.6) is 6.01 Å². The molecule has 2 N–H and O–H groups in total. The van der Waals surface area contributed by atoms with Crippen LogP contribution >= 0.6 is 0 Å². The average Bonchev–Trinajstić information content (AvgIpc) is 3.00. The summed E-state index contributed by atoms with van der Waals surface area (Å²) >= 11 is 0. The average molecular weight is 368 g/mol. The largest absolute Gasteiger partial charge is 0.422 e. The number of anilines is 2. The monoisotopic (exact) mass is 368 g/mol. The number of hydrogen-bond acceptors (Lipinski definition) is 8. The Kier molecular flexibility index (Phi) is 4.72. The van der Waals surface area contributed by atoms with Crippen molar-refractivity contribution < 1.29 is 9.53 Å². The third kappa shape index (κ3) is 4.17. The highest BCUT2D eigenvalue weighted by Crippen LogP contribution is 2.25. The predicted molar refractivity (Wildman–Crippen MR) is 98.9 cm³/mol. The lowest BCUT2D eigenvalue weighted by Crippen LogP contribution is -2.47. The summed E-state index contributed by atoms with van der Waals surface area (Å²) in [5, 5.41) is 4.11. The quantitative estimate of drug-likeness (QED) is 0.744. The Bertz CT molecular complexity index is 946. The molecular weight excluding hydrogens is 348 g/mol. The zero-order chi connectivity index (χ0) is 19.6. The molecule has 3 aromatic heterocycles. The first-order chi connectivity index (χ1) is 12.7. The summed E-state index contributed by atoms with van der Waals surface area (Å²) in [6.07, 6.45) is 7.28. The van der Waals surface area contributed by atoms with E-state index in [1.165, 1.54) is 23.5 Å². The first-order valence-corrected chi connectivity index (χ1v) is 8.15. The molecular formula is C17H20N8O2. The topological polar surface area (TPSA) is 125 Å². The van der Waals surface area contributed by atoms with E-state index in [9.17, 15) is 4.79 Å². The van der Waals surface area contributed by atoms with Crippen LogP contribution < -0.4 is 15.4 Å². The molecule has 0 atom stereocenters. The maximum atomic E-state index is 12.8. The number of nitrogens with zero attached hydrogens (tertiary/aromatic N) is 7. The third-order valence-corrected chi connectivity index (χ3v) is 3.58. The van der Waals surface area contributed by atoms with Gasteiger partial charge in [0.05, 0.1) is 17.6 Å². The number of rotatable bonds is 3. The maximum absolute atomic E-state index is 12.8.